The molecule has 278 valence electrons. The van der Waals surface area contributed by atoms with Gasteiger partial charge in [0, 0.05) is 70.8 Å². The van der Waals surface area contributed by atoms with Crippen LogP contribution in [0.4, 0.5) is 68.9 Å². The minimum absolute atomic E-state index is 0.210. The van der Waals surface area contributed by atoms with Gasteiger partial charge in [0.15, 0.2) is 0 Å². The van der Waals surface area contributed by atoms with Gasteiger partial charge in [0.25, 0.3) is 13.4 Å². The lowest BCUT2D eigenvalue weighted by Gasteiger charge is -2.45. The molecule has 0 saturated carbocycles. The number of aromatic nitrogens is 5. The fraction of sp³-hybridized carbons (Fsp3) is 0. The number of para-hydroxylation sites is 4. The zero-order valence-corrected chi connectivity index (χ0v) is 32.1. The van der Waals surface area contributed by atoms with Gasteiger partial charge in [-0.25, -0.2) is 19.9 Å². The van der Waals surface area contributed by atoms with E-state index in [1.165, 1.54) is 0 Å². The molecule has 0 spiro atoms. The summed E-state index contributed by atoms with van der Waals surface area (Å²) in [7, 11) is 0. The number of benzene rings is 4. The topological polar surface area (TPSA) is 77.4 Å². The lowest BCUT2D eigenvalue weighted by atomic mass is 9.31. The highest BCUT2D eigenvalue weighted by molar-refractivity contribution is 7.02. The van der Waals surface area contributed by atoms with Gasteiger partial charge in [0.2, 0.25) is 0 Å². The summed E-state index contributed by atoms with van der Waals surface area (Å²) in [6.45, 7) is -0.421. The van der Waals surface area contributed by atoms with Crippen molar-refractivity contribution in [1.29, 1.82) is 0 Å². The summed E-state index contributed by atoms with van der Waals surface area (Å²) < 4.78 is 0. The van der Waals surface area contributed by atoms with Crippen LogP contribution in [0.25, 0.3) is 0 Å². The maximum Gasteiger partial charge on any atom is 0.258 e. The molecule has 5 aromatic heterocycles. The van der Waals surface area contributed by atoms with Gasteiger partial charge in [-0.2, -0.15) is 0 Å². The van der Waals surface area contributed by atoms with Gasteiger partial charge in [-0.15, -0.1) is 0 Å². The van der Waals surface area contributed by atoms with Crippen LogP contribution < -0.4 is 52.4 Å². The van der Waals surface area contributed by atoms with Crippen molar-refractivity contribution in [2.45, 2.75) is 0 Å². The van der Waals surface area contributed by atoms with Crippen molar-refractivity contribution in [3.8, 4) is 0 Å². The van der Waals surface area contributed by atoms with E-state index in [0.29, 0.717) is 0 Å². The predicted molar refractivity (Wildman–Crippen MR) is 243 cm³/mol. The van der Waals surface area contributed by atoms with Crippen LogP contribution in [0, 0.1) is 0 Å². The molecule has 9 aromatic rings. The van der Waals surface area contributed by atoms with Crippen LogP contribution in [-0.2, 0) is 0 Å². The number of hydrogen-bond acceptors (Lipinski definition) is 9. The van der Waals surface area contributed by atoms with Crippen molar-refractivity contribution in [1.82, 2.24) is 24.9 Å². The van der Waals surface area contributed by atoms with Crippen molar-refractivity contribution in [2.24, 2.45) is 0 Å². The Morgan fingerprint density at radius 2 is 0.783 bits per heavy atom. The van der Waals surface area contributed by atoms with Crippen LogP contribution in [0.3, 0.4) is 0 Å². The predicted octanol–water partition coefficient (Wildman–Crippen LogP) is 6.83. The molecule has 0 unspecified atom stereocenters. The normalized spacial score (nSPS) is 13.8. The standard InChI is InChI=1S/C49H31B2N9/c1-5-14-32(15-6-1)57-40-23-27-52-31-39(40)51-37-30-38-47(56-46(37)59(34-18-9-3-10-19-34)42-25-28-54-48(57)43(42)51)60(35-20-11-4-12-21-35)49-44-41(24-29-55-49)58(33-16-7-2-8-17-33)45-36(50(38)44)22-13-26-53-45/h1-31H. The summed E-state index contributed by atoms with van der Waals surface area (Å²) >= 11 is 0. The van der Waals surface area contributed by atoms with Crippen LogP contribution >= 0.6 is 0 Å². The van der Waals surface area contributed by atoms with Crippen molar-refractivity contribution in [3.05, 3.63) is 189 Å². The van der Waals surface area contributed by atoms with Crippen molar-refractivity contribution in [2.75, 3.05) is 19.6 Å². The zero-order chi connectivity index (χ0) is 39.3. The number of nitrogens with zero attached hydrogens (tertiary/aromatic N) is 9. The molecule has 9 heterocycles. The van der Waals surface area contributed by atoms with Crippen LogP contribution in [0.15, 0.2) is 189 Å². The second kappa shape index (κ2) is 12.7. The smallest absolute Gasteiger partial charge is 0.258 e. The van der Waals surface area contributed by atoms with Gasteiger partial charge in [-0.05, 0) is 106 Å². The summed E-state index contributed by atoms with van der Waals surface area (Å²) in [4.78, 5) is 35.3. The second-order valence-corrected chi connectivity index (χ2v) is 15.3. The van der Waals surface area contributed by atoms with E-state index in [1.807, 2.05) is 37.1 Å². The molecule has 60 heavy (non-hydrogen) atoms. The number of anilines is 12. The molecule has 0 amide bonds. The Bertz CT molecular complexity index is 2950. The summed E-state index contributed by atoms with van der Waals surface area (Å²) in [5, 5.41) is 0. The first kappa shape index (κ1) is 33.0. The van der Waals surface area contributed by atoms with Gasteiger partial charge in [0.1, 0.15) is 29.1 Å². The van der Waals surface area contributed by atoms with Crippen molar-refractivity contribution >= 4 is 115 Å². The van der Waals surface area contributed by atoms with Gasteiger partial charge in [-0.1, -0.05) is 84.9 Å². The molecule has 0 atom stereocenters. The summed E-state index contributed by atoms with van der Waals surface area (Å²) in [5.74, 6) is 4.31. The quantitative estimate of drug-likeness (QED) is 0.179. The molecule has 0 fully saturated rings. The average Bonchev–Trinajstić information content (AvgIpc) is 3.32. The van der Waals surface area contributed by atoms with E-state index >= 15 is 0 Å². The van der Waals surface area contributed by atoms with E-state index in [4.69, 9.17) is 24.9 Å². The van der Waals surface area contributed by atoms with Crippen molar-refractivity contribution < 1.29 is 0 Å². The zero-order valence-electron chi connectivity index (χ0n) is 32.1. The molecule has 0 saturated heterocycles. The summed E-state index contributed by atoms with van der Waals surface area (Å²) in [6.07, 6.45) is 9.64. The number of fused-ring (bicyclic) bond motifs is 8. The molecular weight excluding hydrogens is 736 g/mol. The highest BCUT2D eigenvalue weighted by atomic mass is 15.3. The van der Waals surface area contributed by atoms with Gasteiger partial charge in [0.05, 0.1) is 0 Å². The Morgan fingerprint density at radius 1 is 0.333 bits per heavy atom. The average molecular weight is 767 g/mol. The minimum atomic E-state index is -0.210. The Hall–Kier alpha value is -8.04. The van der Waals surface area contributed by atoms with Crippen molar-refractivity contribution in [3.63, 3.8) is 0 Å². The van der Waals surface area contributed by atoms with Crippen LogP contribution in [0.5, 0.6) is 0 Å². The number of hydrogen-bond donors (Lipinski definition) is 0. The highest BCUT2D eigenvalue weighted by Crippen LogP contribution is 2.45. The van der Waals surface area contributed by atoms with Gasteiger partial charge < -0.3 is 0 Å². The Morgan fingerprint density at radius 3 is 1.37 bits per heavy atom. The molecule has 4 aliphatic heterocycles. The maximum absolute atomic E-state index is 5.89. The minimum Gasteiger partial charge on any atom is -0.296 e. The van der Waals surface area contributed by atoms with E-state index in [0.717, 1.165) is 102 Å². The number of pyridine rings is 5. The largest absolute Gasteiger partial charge is 0.296 e. The molecule has 9 nitrogen and oxygen atoms in total. The van der Waals surface area contributed by atoms with Gasteiger partial charge >= 0.3 is 0 Å². The molecule has 0 N–H and O–H groups in total. The molecule has 0 radical (unpaired) electrons. The van der Waals surface area contributed by atoms with E-state index < -0.39 is 0 Å². The van der Waals surface area contributed by atoms with E-state index in [1.54, 1.807) is 0 Å². The third-order valence-corrected chi connectivity index (χ3v) is 12.2. The SMILES string of the molecule is c1ccc(N2c3ccnc4c3B(c3cnccc3N4c3ccccc3)c3cc4c(nc32)N(c2ccccc2)c2nccc3c2B4c2cccnc2N3c2ccccc2)cc1. The van der Waals surface area contributed by atoms with Crippen LogP contribution in [0.2, 0.25) is 0 Å². The molecule has 11 heteroatoms. The maximum atomic E-state index is 5.89. The summed E-state index contributed by atoms with van der Waals surface area (Å²) in [6, 6.07) is 55.1. The monoisotopic (exact) mass is 767 g/mol. The lowest BCUT2D eigenvalue weighted by molar-refractivity contribution is 1.10. The first-order valence-electron chi connectivity index (χ1n) is 20.2. The first-order chi connectivity index (χ1) is 29.8. The van der Waals surface area contributed by atoms with E-state index in [2.05, 4.69) is 171 Å². The summed E-state index contributed by atoms with van der Waals surface area (Å²) in [5.41, 5.74) is 13.8. The Kier molecular flexibility index (Phi) is 7.00. The fourth-order valence-corrected chi connectivity index (χ4v) is 9.90. The van der Waals surface area contributed by atoms with Crippen LogP contribution in [0.1, 0.15) is 0 Å². The highest BCUT2D eigenvalue weighted by Gasteiger charge is 2.49. The van der Waals surface area contributed by atoms with E-state index in [9.17, 15) is 0 Å². The Labute approximate surface area is 347 Å². The molecule has 0 aliphatic carbocycles. The molecule has 13 rings (SSSR count). The van der Waals surface area contributed by atoms with E-state index in [-0.39, 0.29) is 13.4 Å². The first-order valence-corrected chi connectivity index (χ1v) is 20.2. The number of rotatable bonds is 4. The molecule has 4 aliphatic rings. The molecule has 4 aromatic carbocycles. The Balaban J connectivity index is 1.14. The third-order valence-electron chi connectivity index (χ3n) is 12.2. The van der Waals surface area contributed by atoms with Crippen LogP contribution in [-0.4, -0.2) is 38.3 Å². The van der Waals surface area contributed by atoms with Gasteiger partial charge in [-0.3, -0.25) is 24.6 Å². The fourth-order valence-electron chi connectivity index (χ4n) is 9.90. The third kappa shape index (κ3) is 4.57. The molecule has 0 bridgehead atoms. The molecular formula is C49H31B2N9. The second-order valence-electron chi connectivity index (χ2n) is 15.3. The lowest BCUT2D eigenvalue weighted by Crippen LogP contribution is -2.66.